The number of esters is 1. The molecule has 1 saturated carbocycles. The number of carboxylic acid groups (broad SMARTS) is 1. The number of hydrogen-bond acceptors (Lipinski definition) is 14. The number of piperidine rings is 1. The zero-order valence-corrected chi connectivity index (χ0v) is 50.7. The van der Waals surface area contributed by atoms with Gasteiger partial charge in [0.1, 0.15) is 29.8 Å². The molecule has 0 aromatic carbocycles. The summed E-state index contributed by atoms with van der Waals surface area (Å²) in [5.74, 6) is -9.03. The van der Waals surface area contributed by atoms with Gasteiger partial charge in [0, 0.05) is 25.0 Å². The zero-order chi connectivity index (χ0) is 58.5. The van der Waals surface area contributed by atoms with Gasteiger partial charge in [-0.3, -0.25) is 43.1 Å². The first-order valence-electron chi connectivity index (χ1n) is 28.1. The Morgan fingerprint density at radius 3 is 2.08 bits per heavy atom. The Kier molecular flexibility index (Phi) is 25.0. The number of rotatable bonds is 27. The molecule has 22 heteroatoms. The fourth-order valence-electron chi connectivity index (χ4n) is 10.4. The van der Waals surface area contributed by atoms with Gasteiger partial charge in [0.25, 0.3) is 17.6 Å². The highest BCUT2D eigenvalue weighted by Gasteiger charge is 2.51. The summed E-state index contributed by atoms with van der Waals surface area (Å²) in [7, 11) is -5.94. The van der Waals surface area contributed by atoms with Crippen LogP contribution in [-0.2, 0) is 67.1 Å². The van der Waals surface area contributed by atoms with Crippen molar-refractivity contribution in [2.45, 2.75) is 234 Å². The van der Waals surface area contributed by atoms with Crippen LogP contribution in [0.5, 0.6) is 0 Å². The van der Waals surface area contributed by atoms with Gasteiger partial charge in [0.15, 0.2) is 14.1 Å². The van der Waals surface area contributed by atoms with Crippen molar-refractivity contribution in [3.05, 3.63) is 0 Å². The Labute approximate surface area is 459 Å². The lowest BCUT2D eigenvalue weighted by Crippen LogP contribution is -2.59. The summed E-state index contributed by atoms with van der Waals surface area (Å²) in [6.45, 7) is 28.0. The van der Waals surface area contributed by atoms with Crippen molar-refractivity contribution in [1.82, 2.24) is 25.6 Å². The molecule has 0 aromatic heterocycles. The number of Topliss-reactive ketones (excluding diaryl/α,β-unsaturated/α-hetero) is 2. The van der Waals surface area contributed by atoms with Crippen molar-refractivity contribution in [2.24, 2.45) is 41.4 Å². The highest BCUT2D eigenvalue weighted by atomic mass is 32.2. The van der Waals surface area contributed by atoms with Gasteiger partial charge in [-0.05, 0) is 139 Å². The molecule has 0 bridgehead atoms. The maximum Gasteiger partial charge on any atom is 0.329 e. The summed E-state index contributed by atoms with van der Waals surface area (Å²) in [5.41, 5.74) is -1.62. The number of carbonyl (C=O) groups excluding carboxylic acids is 8. The fourth-order valence-corrected chi connectivity index (χ4v) is 12.4. The van der Waals surface area contributed by atoms with Gasteiger partial charge >= 0.3 is 11.9 Å². The molecule has 440 valence electrons. The summed E-state index contributed by atoms with van der Waals surface area (Å²) < 4.78 is 45.3. The van der Waals surface area contributed by atoms with E-state index in [0.29, 0.717) is 32.1 Å². The van der Waals surface area contributed by atoms with Crippen molar-refractivity contribution in [1.29, 1.82) is 0 Å². The molecule has 12 atom stereocenters. The number of hydrogen-bond donors (Lipinski definition) is 5. The quantitative estimate of drug-likeness (QED) is 0.0359. The van der Waals surface area contributed by atoms with Crippen molar-refractivity contribution < 1.29 is 70.6 Å². The van der Waals surface area contributed by atoms with Crippen LogP contribution in [0.2, 0.25) is 18.1 Å². The van der Waals surface area contributed by atoms with Gasteiger partial charge in [-0.15, -0.1) is 0 Å². The Morgan fingerprint density at radius 1 is 0.857 bits per heavy atom. The molecule has 1 aliphatic carbocycles. The average molecular weight is 1130 g/mol. The van der Waals surface area contributed by atoms with E-state index in [1.54, 1.807) is 34.6 Å². The van der Waals surface area contributed by atoms with Crippen LogP contribution < -0.4 is 20.7 Å². The van der Waals surface area contributed by atoms with Crippen molar-refractivity contribution in [3.8, 4) is 0 Å². The Bertz CT molecular complexity index is 2220. The first-order valence-corrected chi connectivity index (χ1v) is 32.6. The largest absolute Gasteiger partial charge is 0.481 e. The predicted molar refractivity (Wildman–Crippen MR) is 293 cm³/mol. The van der Waals surface area contributed by atoms with Gasteiger partial charge in [-0.2, -0.15) is 0 Å². The van der Waals surface area contributed by atoms with E-state index in [9.17, 15) is 56.7 Å². The second kappa shape index (κ2) is 28.7. The van der Waals surface area contributed by atoms with E-state index < -0.39 is 126 Å². The SMILES string of the molecule is CCS(=O)(=O)NC(=O)C(CC(C)C)NC(=O)C(C)NC(=O)C(CC(=O)CNC(=O)C[C@H](OC(=O)[C@@H]1CCCCN1C(=O)C(=O)C1(C)O[C@H](CC(=O)O)CC[C@H]1C)[C@H](C)C[C@@H]1CC[C@@H](O[Si](C)(C)C(C)(C)C)[C@H](C)C1)C(C)C. The van der Waals surface area contributed by atoms with E-state index in [1.165, 1.54) is 25.7 Å². The molecule has 4 unspecified atom stereocenters. The summed E-state index contributed by atoms with van der Waals surface area (Å²) in [4.78, 5) is 123. The van der Waals surface area contributed by atoms with E-state index >= 15 is 0 Å². The average Bonchev–Trinajstić information content (AvgIpc) is 3.32. The lowest BCUT2D eigenvalue weighted by molar-refractivity contribution is -0.185. The van der Waals surface area contributed by atoms with Crippen molar-refractivity contribution in [2.75, 3.05) is 18.8 Å². The van der Waals surface area contributed by atoms with Crippen LogP contribution in [0.4, 0.5) is 0 Å². The van der Waals surface area contributed by atoms with Crippen LogP contribution in [0.25, 0.3) is 0 Å². The highest BCUT2D eigenvalue weighted by Crippen LogP contribution is 2.43. The number of carboxylic acids is 1. The molecule has 0 aromatic rings. The smallest absolute Gasteiger partial charge is 0.329 e. The number of aliphatic carboxylic acids is 1. The molecular weight excluding hydrogens is 1030 g/mol. The molecule has 3 rings (SSSR count). The molecule has 0 radical (unpaired) electrons. The lowest BCUT2D eigenvalue weighted by Gasteiger charge is -2.44. The standard InChI is InChI=1S/C55H95N5O15SSi/c1-16-76(71,72)59-51(68)42(25-32(2)3)58-49(66)37(9)57-50(67)41(33(4)5)28-39(61)31-56-46(62)30-45(35(7)27-38-21-23-44(34(6)26-38)75-77(14,15)54(10,11)12)73-53(70)43-19-17-18-24-60(43)52(69)48(65)55(13)36(8)20-22-40(74-55)29-47(63)64/h32-38,40-45H,16-31H2,1-15H3,(H,56,62)(H,57,67)(H,58,66)(H,59,68)(H,63,64)/t34-,35-,36-,37?,38-,40+,41?,42?,43+,44-,45+,55?/m1/s1. The molecule has 5 amide bonds. The monoisotopic (exact) mass is 1130 g/mol. The van der Waals surface area contributed by atoms with Crippen LogP contribution in [0.3, 0.4) is 0 Å². The number of likely N-dealkylation sites (tertiary alicyclic amines) is 1. The Hall–Kier alpha value is -4.28. The number of sulfonamides is 1. The number of carbonyl (C=O) groups is 9. The normalized spacial score (nSPS) is 25.3. The maximum atomic E-state index is 14.4. The molecular formula is C55H95N5O15SSi. The molecule has 20 nitrogen and oxygen atoms in total. The van der Waals surface area contributed by atoms with Crippen LogP contribution in [-0.4, -0.2) is 141 Å². The molecule has 2 saturated heterocycles. The molecule has 2 aliphatic heterocycles. The second-order valence-electron chi connectivity index (χ2n) is 24.9. The Balaban J connectivity index is 1.78. The van der Waals surface area contributed by atoms with Crippen LogP contribution in [0, 0.1) is 41.4 Å². The number of ketones is 2. The summed E-state index contributed by atoms with van der Waals surface area (Å²) in [5, 5.41) is 17.3. The van der Waals surface area contributed by atoms with Crippen LogP contribution in [0.15, 0.2) is 0 Å². The lowest BCUT2D eigenvalue weighted by atomic mass is 9.76. The van der Waals surface area contributed by atoms with Crippen LogP contribution in [0.1, 0.15) is 173 Å². The first kappa shape index (κ1) is 67.0. The Morgan fingerprint density at radius 2 is 1.51 bits per heavy atom. The molecule has 3 fully saturated rings. The van der Waals surface area contributed by atoms with Crippen molar-refractivity contribution >= 4 is 71.4 Å². The molecule has 77 heavy (non-hydrogen) atoms. The molecule has 2 heterocycles. The minimum atomic E-state index is -3.91. The van der Waals surface area contributed by atoms with E-state index in [4.69, 9.17) is 13.9 Å². The number of ether oxygens (including phenoxy) is 2. The summed E-state index contributed by atoms with van der Waals surface area (Å²) >= 11 is 0. The third-order valence-corrected chi connectivity index (χ3v) is 22.4. The molecule has 5 N–H and O–H groups in total. The third kappa shape index (κ3) is 19.8. The zero-order valence-electron chi connectivity index (χ0n) is 48.8. The summed E-state index contributed by atoms with van der Waals surface area (Å²) in [6, 6.07) is -3.51. The predicted octanol–water partition coefficient (Wildman–Crippen LogP) is 5.99. The highest BCUT2D eigenvalue weighted by molar-refractivity contribution is 7.90. The number of amides is 5. The van der Waals surface area contributed by atoms with E-state index in [-0.39, 0.29) is 85.1 Å². The fraction of sp³-hybridized carbons (Fsp3) is 0.836. The molecule has 0 spiro atoms. The topological polar surface area (TPSA) is 287 Å². The van der Waals surface area contributed by atoms with Gasteiger partial charge in [0.05, 0.1) is 31.2 Å². The third-order valence-electron chi connectivity index (χ3n) is 16.6. The van der Waals surface area contributed by atoms with Gasteiger partial charge in [-0.1, -0.05) is 69.2 Å². The van der Waals surface area contributed by atoms with E-state index in [0.717, 1.165) is 19.3 Å². The van der Waals surface area contributed by atoms with Crippen molar-refractivity contribution in [3.63, 3.8) is 0 Å². The first-order chi connectivity index (χ1) is 35.5. The van der Waals surface area contributed by atoms with E-state index in [2.05, 4.69) is 56.7 Å². The minimum Gasteiger partial charge on any atom is -0.481 e. The second-order valence-corrected chi connectivity index (χ2v) is 31.7. The number of nitrogens with one attached hydrogen (secondary N) is 4. The maximum absolute atomic E-state index is 14.4. The van der Waals surface area contributed by atoms with Gasteiger partial charge < -0.3 is 39.9 Å². The molecule has 3 aliphatic rings. The van der Waals surface area contributed by atoms with Crippen LogP contribution >= 0.6 is 0 Å². The minimum absolute atomic E-state index is 0.0479. The summed E-state index contributed by atoms with van der Waals surface area (Å²) in [6.07, 6.45) is 2.88. The number of nitrogens with zero attached hydrogens (tertiary/aromatic N) is 1. The van der Waals surface area contributed by atoms with E-state index in [1.807, 2.05) is 11.6 Å². The van der Waals surface area contributed by atoms with Gasteiger partial charge in [-0.25, -0.2) is 13.2 Å². The van der Waals surface area contributed by atoms with Gasteiger partial charge in [0.2, 0.25) is 27.7 Å².